The van der Waals surface area contributed by atoms with E-state index in [1.54, 1.807) is 19.2 Å². The topological polar surface area (TPSA) is 59.6 Å². The number of amides is 1. The lowest BCUT2D eigenvalue weighted by atomic mass is 9.85. The maximum atomic E-state index is 12.9. The number of methoxy groups -OCH3 is 1. The van der Waals surface area contributed by atoms with Crippen molar-refractivity contribution in [2.75, 3.05) is 20.2 Å². The maximum absolute atomic E-state index is 12.9. The van der Waals surface area contributed by atoms with Crippen molar-refractivity contribution in [2.24, 2.45) is 0 Å². The molecule has 0 spiro atoms. The molecule has 0 bridgehead atoms. The van der Waals surface area contributed by atoms with Gasteiger partial charge >= 0.3 is 6.61 Å². The minimum absolute atomic E-state index is 0.0951. The van der Waals surface area contributed by atoms with Crippen molar-refractivity contribution in [3.63, 3.8) is 0 Å². The number of piperidine rings is 1. The molecule has 1 atom stereocenters. The molecule has 1 unspecified atom stereocenters. The van der Waals surface area contributed by atoms with Crippen LogP contribution in [0.3, 0.4) is 0 Å². The lowest BCUT2D eigenvalue weighted by Gasteiger charge is -2.37. The Kier molecular flexibility index (Phi) is 5.54. The summed E-state index contributed by atoms with van der Waals surface area (Å²) in [5, 5.41) is 6.35. The summed E-state index contributed by atoms with van der Waals surface area (Å²) in [4.78, 5) is 12.9. The molecule has 1 aromatic rings. The van der Waals surface area contributed by atoms with Crippen LogP contribution < -0.4 is 15.4 Å². The SMILES string of the molecule is COC1(C(=O)NC2CCCc3cc(OC(F)F)ccc32)CCNCC1. The number of carbonyl (C=O) groups excluding carboxylic acids is 1. The molecule has 0 radical (unpaired) electrons. The Balaban J connectivity index is 1.75. The van der Waals surface area contributed by atoms with Gasteiger partial charge in [-0.15, -0.1) is 0 Å². The van der Waals surface area contributed by atoms with Crippen LogP contribution in [-0.2, 0) is 16.0 Å². The van der Waals surface area contributed by atoms with Crippen LogP contribution in [0.15, 0.2) is 18.2 Å². The highest BCUT2D eigenvalue weighted by molar-refractivity contribution is 5.85. The smallest absolute Gasteiger partial charge is 0.387 e. The van der Waals surface area contributed by atoms with Gasteiger partial charge in [-0.2, -0.15) is 8.78 Å². The summed E-state index contributed by atoms with van der Waals surface area (Å²) < 4.78 is 34.8. The fraction of sp³-hybridized carbons (Fsp3) is 0.611. The van der Waals surface area contributed by atoms with E-state index in [4.69, 9.17) is 4.74 Å². The van der Waals surface area contributed by atoms with Crippen molar-refractivity contribution in [2.45, 2.75) is 50.4 Å². The van der Waals surface area contributed by atoms with Crippen LogP contribution >= 0.6 is 0 Å². The molecule has 1 fully saturated rings. The van der Waals surface area contributed by atoms with E-state index in [-0.39, 0.29) is 17.7 Å². The second kappa shape index (κ2) is 7.66. The average Bonchev–Trinajstić information content (AvgIpc) is 2.61. The van der Waals surface area contributed by atoms with Crippen molar-refractivity contribution in [1.29, 1.82) is 0 Å². The highest BCUT2D eigenvalue weighted by Crippen LogP contribution is 2.34. The van der Waals surface area contributed by atoms with Gasteiger partial charge in [0, 0.05) is 7.11 Å². The fourth-order valence-corrected chi connectivity index (χ4v) is 3.76. The highest BCUT2D eigenvalue weighted by Gasteiger charge is 2.41. The summed E-state index contributed by atoms with van der Waals surface area (Å²) in [7, 11) is 1.58. The quantitative estimate of drug-likeness (QED) is 0.853. The van der Waals surface area contributed by atoms with E-state index in [1.807, 2.05) is 0 Å². The van der Waals surface area contributed by atoms with Crippen molar-refractivity contribution >= 4 is 5.91 Å². The second-order valence-electron chi connectivity index (χ2n) is 6.61. The van der Waals surface area contributed by atoms with Gasteiger partial charge in [-0.3, -0.25) is 4.79 Å². The number of alkyl halides is 2. The second-order valence-corrected chi connectivity index (χ2v) is 6.61. The number of halogens is 2. The third kappa shape index (κ3) is 3.93. The minimum Gasteiger partial charge on any atom is -0.435 e. The molecule has 25 heavy (non-hydrogen) atoms. The van der Waals surface area contributed by atoms with E-state index in [0.29, 0.717) is 12.8 Å². The van der Waals surface area contributed by atoms with E-state index >= 15 is 0 Å². The Morgan fingerprint density at radius 3 is 2.80 bits per heavy atom. The third-order valence-corrected chi connectivity index (χ3v) is 5.18. The van der Waals surface area contributed by atoms with Gasteiger partial charge in [-0.1, -0.05) is 6.07 Å². The zero-order valence-electron chi connectivity index (χ0n) is 14.3. The van der Waals surface area contributed by atoms with E-state index in [2.05, 4.69) is 15.4 Å². The Morgan fingerprint density at radius 2 is 2.12 bits per heavy atom. The normalized spacial score (nSPS) is 22.3. The van der Waals surface area contributed by atoms with Gasteiger partial charge in [0.05, 0.1) is 6.04 Å². The summed E-state index contributed by atoms with van der Waals surface area (Å²) in [6.45, 7) is -1.34. The maximum Gasteiger partial charge on any atom is 0.387 e. The number of rotatable bonds is 5. The van der Waals surface area contributed by atoms with E-state index in [0.717, 1.165) is 43.5 Å². The van der Waals surface area contributed by atoms with Crippen LogP contribution in [-0.4, -0.2) is 38.3 Å². The number of hydrogen-bond acceptors (Lipinski definition) is 4. The van der Waals surface area contributed by atoms with Gasteiger partial charge in [0.2, 0.25) is 0 Å². The molecule has 3 rings (SSSR count). The van der Waals surface area contributed by atoms with Crippen molar-refractivity contribution in [1.82, 2.24) is 10.6 Å². The first-order valence-electron chi connectivity index (χ1n) is 8.68. The largest absolute Gasteiger partial charge is 0.435 e. The number of fused-ring (bicyclic) bond motifs is 1. The third-order valence-electron chi connectivity index (χ3n) is 5.18. The predicted octanol–water partition coefficient (Wildman–Crippen LogP) is 2.55. The zero-order chi connectivity index (χ0) is 17.9. The number of benzene rings is 1. The molecule has 1 aromatic carbocycles. The molecule has 7 heteroatoms. The summed E-state index contributed by atoms with van der Waals surface area (Å²) in [6, 6.07) is 4.83. The van der Waals surface area contributed by atoms with Gasteiger partial charge in [-0.25, -0.2) is 0 Å². The molecule has 138 valence electrons. The number of ether oxygens (including phenoxy) is 2. The molecule has 0 saturated carbocycles. The summed E-state index contributed by atoms with van der Waals surface area (Å²) >= 11 is 0. The molecule has 5 nitrogen and oxygen atoms in total. The monoisotopic (exact) mass is 354 g/mol. The molecule has 2 aliphatic rings. The highest BCUT2D eigenvalue weighted by atomic mass is 19.3. The Hall–Kier alpha value is -1.73. The summed E-state index contributed by atoms with van der Waals surface area (Å²) in [6.07, 6.45) is 3.77. The zero-order valence-corrected chi connectivity index (χ0v) is 14.3. The molecule has 1 heterocycles. The van der Waals surface area contributed by atoms with E-state index in [9.17, 15) is 13.6 Å². The fourth-order valence-electron chi connectivity index (χ4n) is 3.76. The van der Waals surface area contributed by atoms with Crippen molar-refractivity contribution in [3.8, 4) is 5.75 Å². The first kappa shape index (κ1) is 18.1. The molecular formula is C18H24F2N2O3. The summed E-state index contributed by atoms with van der Waals surface area (Å²) in [5.41, 5.74) is 1.13. The van der Waals surface area contributed by atoms with Gasteiger partial charge in [-0.05, 0) is 68.5 Å². The predicted molar refractivity (Wildman–Crippen MR) is 88.7 cm³/mol. The van der Waals surface area contributed by atoms with Gasteiger partial charge < -0.3 is 20.1 Å². The Morgan fingerprint density at radius 1 is 1.36 bits per heavy atom. The molecule has 0 aromatic heterocycles. The first-order chi connectivity index (χ1) is 12.0. The molecular weight excluding hydrogens is 330 g/mol. The van der Waals surface area contributed by atoms with Gasteiger partial charge in [0.1, 0.15) is 11.4 Å². The van der Waals surface area contributed by atoms with Crippen LogP contribution in [0.25, 0.3) is 0 Å². The van der Waals surface area contributed by atoms with Crippen molar-refractivity contribution in [3.05, 3.63) is 29.3 Å². The number of hydrogen-bond donors (Lipinski definition) is 2. The molecule has 1 saturated heterocycles. The van der Waals surface area contributed by atoms with Crippen LogP contribution in [0, 0.1) is 0 Å². The molecule has 1 aliphatic heterocycles. The van der Waals surface area contributed by atoms with Gasteiger partial charge in [0.25, 0.3) is 5.91 Å². The van der Waals surface area contributed by atoms with Crippen LogP contribution in [0.1, 0.15) is 42.9 Å². The Labute approximate surface area is 146 Å². The van der Waals surface area contributed by atoms with Gasteiger partial charge in [0.15, 0.2) is 0 Å². The average molecular weight is 354 g/mol. The first-order valence-corrected chi connectivity index (χ1v) is 8.68. The molecule has 1 amide bonds. The number of aryl methyl sites for hydroxylation is 1. The standard InChI is InChI=1S/C18H24F2N2O3/c1-24-18(7-9-21-10-8-18)16(23)22-15-4-2-3-12-11-13(25-17(19)20)5-6-14(12)15/h5-6,11,15,17,21H,2-4,7-10H2,1H3,(H,22,23). The lowest BCUT2D eigenvalue weighted by molar-refractivity contribution is -0.147. The van der Waals surface area contributed by atoms with Crippen LogP contribution in [0.2, 0.25) is 0 Å². The minimum atomic E-state index is -2.83. The van der Waals surface area contributed by atoms with Crippen LogP contribution in [0.4, 0.5) is 8.78 Å². The molecule has 1 aliphatic carbocycles. The summed E-state index contributed by atoms with van der Waals surface area (Å²) in [5.74, 6) is 0.0645. The lowest BCUT2D eigenvalue weighted by Crippen LogP contribution is -2.54. The Bertz CT molecular complexity index is 618. The molecule has 2 N–H and O–H groups in total. The number of carbonyl (C=O) groups is 1. The number of nitrogens with one attached hydrogen (secondary N) is 2. The van der Waals surface area contributed by atoms with E-state index < -0.39 is 12.2 Å². The van der Waals surface area contributed by atoms with Crippen LogP contribution in [0.5, 0.6) is 5.75 Å². The van der Waals surface area contributed by atoms with Crippen molar-refractivity contribution < 1.29 is 23.0 Å². The van der Waals surface area contributed by atoms with E-state index in [1.165, 1.54) is 6.07 Å².